The summed E-state index contributed by atoms with van der Waals surface area (Å²) >= 11 is 0. The molecule has 1 unspecified atom stereocenters. The average Bonchev–Trinajstić information content (AvgIpc) is 3.10. The van der Waals surface area contributed by atoms with Gasteiger partial charge in [-0.1, -0.05) is 5.16 Å². The number of benzene rings is 1. The fourth-order valence-electron chi connectivity index (χ4n) is 1.86. The van der Waals surface area contributed by atoms with Gasteiger partial charge in [-0.3, -0.25) is 4.68 Å². The van der Waals surface area contributed by atoms with E-state index < -0.39 is 17.7 Å². The van der Waals surface area contributed by atoms with Gasteiger partial charge in [-0.15, -0.1) is 0 Å². The Morgan fingerprint density at radius 2 is 2.10 bits per heavy atom. The lowest BCUT2D eigenvalue weighted by Gasteiger charge is -2.01. The van der Waals surface area contributed by atoms with Gasteiger partial charge in [0.05, 0.1) is 6.20 Å². The van der Waals surface area contributed by atoms with Crippen LogP contribution in [-0.2, 0) is 7.05 Å². The van der Waals surface area contributed by atoms with Gasteiger partial charge in [-0.05, 0) is 18.2 Å². The highest BCUT2D eigenvalue weighted by Crippen LogP contribution is 2.22. The summed E-state index contributed by atoms with van der Waals surface area (Å²) in [5, 5.41) is 7.73. The van der Waals surface area contributed by atoms with E-state index >= 15 is 0 Å². The molecule has 21 heavy (non-hydrogen) atoms. The normalized spacial score (nSPS) is 12.6. The van der Waals surface area contributed by atoms with Crippen molar-refractivity contribution in [2.75, 3.05) is 0 Å². The van der Waals surface area contributed by atoms with Crippen molar-refractivity contribution in [3.63, 3.8) is 0 Å². The van der Waals surface area contributed by atoms with E-state index in [1.807, 2.05) is 0 Å². The van der Waals surface area contributed by atoms with Crippen LogP contribution in [0.1, 0.15) is 17.5 Å². The van der Waals surface area contributed by atoms with Crippen LogP contribution in [0.4, 0.5) is 8.78 Å². The minimum Gasteiger partial charge on any atom is -0.337 e. The number of halogens is 2. The summed E-state index contributed by atoms with van der Waals surface area (Å²) in [6.45, 7) is 0. The van der Waals surface area contributed by atoms with Crippen molar-refractivity contribution in [1.82, 2.24) is 19.9 Å². The van der Waals surface area contributed by atoms with Crippen LogP contribution in [0, 0.1) is 11.6 Å². The zero-order valence-corrected chi connectivity index (χ0v) is 11.0. The molecule has 108 valence electrons. The molecule has 0 aliphatic heterocycles. The SMILES string of the molecule is Cn1cc(C(N)c2nc(-c3ccc(F)c(F)c3)no2)cn1. The number of rotatable bonds is 3. The van der Waals surface area contributed by atoms with E-state index in [0.717, 1.165) is 12.1 Å². The number of aryl methyl sites for hydroxylation is 1. The van der Waals surface area contributed by atoms with Crippen molar-refractivity contribution in [2.24, 2.45) is 12.8 Å². The number of aromatic nitrogens is 4. The molecule has 0 aliphatic rings. The Kier molecular flexibility index (Phi) is 3.22. The van der Waals surface area contributed by atoms with E-state index in [9.17, 15) is 8.78 Å². The predicted octanol–water partition coefficient (Wildman–Crippen LogP) is 1.80. The third-order valence-corrected chi connectivity index (χ3v) is 2.97. The van der Waals surface area contributed by atoms with Crippen molar-refractivity contribution < 1.29 is 13.3 Å². The van der Waals surface area contributed by atoms with Gasteiger partial charge in [0.1, 0.15) is 6.04 Å². The molecular formula is C13H11F2N5O. The van der Waals surface area contributed by atoms with E-state index in [4.69, 9.17) is 10.3 Å². The smallest absolute Gasteiger partial charge is 0.248 e. The third kappa shape index (κ3) is 2.52. The van der Waals surface area contributed by atoms with Crippen LogP contribution >= 0.6 is 0 Å². The molecule has 3 aromatic rings. The zero-order valence-electron chi connectivity index (χ0n) is 11.0. The molecule has 0 bridgehead atoms. The molecule has 1 atom stereocenters. The van der Waals surface area contributed by atoms with Crippen LogP contribution in [0.3, 0.4) is 0 Å². The predicted molar refractivity (Wildman–Crippen MR) is 68.9 cm³/mol. The van der Waals surface area contributed by atoms with Crippen LogP contribution < -0.4 is 5.73 Å². The Morgan fingerprint density at radius 3 is 2.76 bits per heavy atom. The van der Waals surface area contributed by atoms with Crippen LogP contribution in [-0.4, -0.2) is 19.9 Å². The highest BCUT2D eigenvalue weighted by molar-refractivity contribution is 5.54. The average molecular weight is 291 g/mol. The Bertz CT molecular complexity index is 782. The Hall–Kier alpha value is -2.61. The molecule has 2 aromatic heterocycles. The first-order chi connectivity index (χ1) is 10.0. The quantitative estimate of drug-likeness (QED) is 0.795. The summed E-state index contributed by atoms with van der Waals surface area (Å²) in [7, 11) is 1.76. The van der Waals surface area contributed by atoms with Crippen LogP contribution in [0.15, 0.2) is 35.1 Å². The number of hydrogen-bond donors (Lipinski definition) is 1. The van der Waals surface area contributed by atoms with Crippen LogP contribution in [0.2, 0.25) is 0 Å². The van der Waals surface area contributed by atoms with Crippen LogP contribution in [0.5, 0.6) is 0 Å². The fourth-order valence-corrected chi connectivity index (χ4v) is 1.86. The third-order valence-electron chi connectivity index (χ3n) is 2.97. The molecule has 1 aromatic carbocycles. The maximum Gasteiger partial charge on any atom is 0.248 e. The Morgan fingerprint density at radius 1 is 1.29 bits per heavy atom. The monoisotopic (exact) mass is 291 g/mol. The molecule has 3 rings (SSSR count). The molecule has 0 saturated heterocycles. The van der Waals surface area contributed by atoms with Crippen LogP contribution in [0.25, 0.3) is 11.4 Å². The number of hydrogen-bond acceptors (Lipinski definition) is 5. The molecule has 2 N–H and O–H groups in total. The second-order valence-corrected chi connectivity index (χ2v) is 4.51. The number of nitrogens with two attached hydrogens (primary N) is 1. The van der Waals surface area contributed by atoms with E-state index in [1.54, 1.807) is 24.1 Å². The zero-order chi connectivity index (χ0) is 15.0. The topological polar surface area (TPSA) is 82.8 Å². The van der Waals surface area contributed by atoms with E-state index in [1.165, 1.54) is 6.07 Å². The van der Waals surface area contributed by atoms with Gasteiger partial charge in [0, 0.05) is 24.4 Å². The summed E-state index contributed by atoms with van der Waals surface area (Å²) in [6.07, 6.45) is 3.32. The molecule has 0 spiro atoms. The second kappa shape index (κ2) is 5.06. The second-order valence-electron chi connectivity index (χ2n) is 4.51. The van der Waals surface area contributed by atoms with E-state index in [2.05, 4.69) is 15.2 Å². The highest BCUT2D eigenvalue weighted by atomic mass is 19.2. The van der Waals surface area contributed by atoms with Crippen molar-refractivity contribution in [3.8, 4) is 11.4 Å². The van der Waals surface area contributed by atoms with Gasteiger partial charge in [0.2, 0.25) is 11.7 Å². The van der Waals surface area contributed by atoms with E-state index in [-0.39, 0.29) is 11.7 Å². The lowest BCUT2D eigenvalue weighted by atomic mass is 10.1. The van der Waals surface area contributed by atoms with Crippen molar-refractivity contribution in [3.05, 3.63) is 53.7 Å². The number of nitrogens with zero attached hydrogens (tertiary/aromatic N) is 4. The summed E-state index contributed by atoms with van der Waals surface area (Å²) in [6, 6.07) is 2.73. The largest absolute Gasteiger partial charge is 0.337 e. The summed E-state index contributed by atoms with van der Waals surface area (Å²) in [5.74, 6) is -1.60. The lowest BCUT2D eigenvalue weighted by molar-refractivity contribution is 0.367. The molecule has 0 fully saturated rings. The molecular weight excluding hydrogens is 280 g/mol. The molecule has 8 heteroatoms. The first kappa shape index (κ1) is 13.4. The maximum atomic E-state index is 13.2. The van der Waals surface area contributed by atoms with Gasteiger partial charge >= 0.3 is 0 Å². The Balaban J connectivity index is 1.90. The van der Waals surface area contributed by atoms with Gasteiger partial charge in [-0.25, -0.2) is 8.78 Å². The van der Waals surface area contributed by atoms with Gasteiger partial charge in [0.25, 0.3) is 0 Å². The van der Waals surface area contributed by atoms with Gasteiger partial charge in [0.15, 0.2) is 11.6 Å². The van der Waals surface area contributed by atoms with E-state index in [0.29, 0.717) is 11.1 Å². The minimum atomic E-state index is -0.976. The molecule has 6 nitrogen and oxygen atoms in total. The first-order valence-electron chi connectivity index (χ1n) is 6.08. The lowest BCUT2D eigenvalue weighted by Crippen LogP contribution is -2.11. The standard InChI is InChI=1S/C13H11F2N5O/c1-20-6-8(5-17-20)11(16)13-18-12(19-21-13)7-2-3-9(14)10(15)4-7/h2-6,11H,16H2,1H3. The Labute approximate surface area is 118 Å². The molecule has 0 saturated carbocycles. The van der Waals surface area contributed by atoms with Crippen molar-refractivity contribution >= 4 is 0 Å². The first-order valence-corrected chi connectivity index (χ1v) is 6.08. The highest BCUT2D eigenvalue weighted by Gasteiger charge is 2.19. The maximum absolute atomic E-state index is 13.2. The summed E-state index contributed by atoms with van der Waals surface area (Å²) < 4.78 is 32.8. The molecule has 0 aliphatic carbocycles. The van der Waals surface area contributed by atoms with Gasteiger partial charge in [-0.2, -0.15) is 10.1 Å². The summed E-state index contributed by atoms with van der Waals surface area (Å²) in [5.41, 5.74) is 7.01. The summed E-state index contributed by atoms with van der Waals surface area (Å²) in [4.78, 5) is 4.11. The van der Waals surface area contributed by atoms with Gasteiger partial charge < -0.3 is 10.3 Å². The molecule has 2 heterocycles. The van der Waals surface area contributed by atoms with Crippen molar-refractivity contribution in [1.29, 1.82) is 0 Å². The van der Waals surface area contributed by atoms with Crippen molar-refractivity contribution in [2.45, 2.75) is 6.04 Å². The molecule has 0 radical (unpaired) electrons. The minimum absolute atomic E-state index is 0.142. The fraction of sp³-hybridized carbons (Fsp3) is 0.154. The molecule has 0 amide bonds.